The summed E-state index contributed by atoms with van der Waals surface area (Å²) in [5, 5.41) is 0. The molecule has 0 saturated carbocycles. The van der Waals surface area contributed by atoms with Crippen molar-refractivity contribution in [2.45, 2.75) is 38.1 Å². The molecule has 7 heteroatoms. The topological polar surface area (TPSA) is 74.3 Å². The van der Waals surface area contributed by atoms with Crippen LogP contribution in [0.2, 0.25) is 0 Å². The van der Waals surface area contributed by atoms with Gasteiger partial charge in [0.15, 0.2) is 11.9 Å². The van der Waals surface area contributed by atoms with E-state index in [9.17, 15) is 9.59 Å². The largest absolute Gasteiger partial charge is 0.446 e. The van der Waals surface area contributed by atoms with Crippen LogP contribution in [0.1, 0.15) is 26.2 Å². The van der Waals surface area contributed by atoms with E-state index < -0.39 is 17.9 Å². The molecule has 0 aromatic rings. The van der Waals surface area contributed by atoms with Crippen LogP contribution in [0.3, 0.4) is 0 Å². The lowest BCUT2D eigenvalue weighted by Gasteiger charge is -2.30. The highest BCUT2D eigenvalue weighted by atomic mass is 16.7. The summed E-state index contributed by atoms with van der Waals surface area (Å²) in [5.74, 6) is 3.91. The lowest BCUT2D eigenvalue weighted by molar-refractivity contribution is -0.162. The summed E-state index contributed by atoms with van der Waals surface area (Å²) in [7, 11) is 0. The number of rotatable bonds is 3. The van der Waals surface area contributed by atoms with Crippen molar-refractivity contribution < 1.29 is 28.5 Å². The maximum Gasteiger partial charge on any atom is 0.331 e. The zero-order valence-electron chi connectivity index (χ0n) is 15.6. The molecule has 2 fully saturated rings. The van der Waals surface area contributed by atoms with E-state index in [4.69, 9.17) is 18.9 Å². The second-order valence-electron chi connectivity index (χ2n) is 6.69. The van der Waals surface area contributed by atoms with Gasteiger partial charge in [-0.3, -0.25) is 4.79 Å². The molecule has 0 N–H and O–H groups in total. The van der Waals surface area contributed by atoms with Gasteiger partial charge in [0.05, 0.1) is 26.4 Å². The highest BCUT2D eigenvalue weighted by molar-refractivity contribution is 5.93. The molecule has 2 heterocycles. The molecular weight excluding hydrogens is 350 g/mol. The number of ether oxygens (including phenoxy) is 4. The number of carbonyl (C=O) groups excluding carboxylic acids is 2. The Morgan fingerprint density at radius 1 is 1.26 bits per heavy atom. The summed E-state index contributed by atoms with van der Waals surface area (Å²) in [6.07, 6.45) is 6.82. The lowest BCUT2D eigenvalue weighted by Crippen LogP contribution is -2.40. The fourth-order valence-electron chi connectivity index (χ4n) is 3.25. The van der Waals surface area contributed by atoms with Crippen molar-refractivity contribution in [3.8, 4) is 11.8 Å². The lowest BCUT2D eigenvalue weighted by atomic mass is 9.93. The predicted molar refractivity (Wildman–Crippen MR) is 96.4 cm³/mol. The fourth-order valence-corrected chi connectivity index (χ4v) is 3.25. The first-order valence-corrected chi connectivity index (χ1v) is 9.30. The quantitative estimate of drug-likeness (QED) is 0.419. The maximum atomic E-state index is 12.0. The van der Waals surface area contributed by atoms with Crippen molar-refractivity contribution in [2.75, 3.05) is 39.5 Å². The van der Waals surface area contributed by atoms with Crippen molar-refractivity contribution >= 4 is 11.9 Å². The number of amides is 1. The molecule has 0 aromatic heterocycles. The van der Waals surface area contributed by atoms with Gasteiger partial charge in [0, 0.05) is 32.0 Å². The molecule has 0 bridgehead atoms. The zero-order valence-corrected chi connectivity index (χ0v) is 15.6. The average molecular weight is 375 g/mol. The Morgan fingerprint density at radius 3 is 2.74 bits per heavy atom. The monoisotopic (exact) mass is 375 g/mol. The Bertz CT molecular complexity index is 674. The number of esters is 1. The summed E-state index contributed by atoms with van der Waals surface area (Å²) < 4.78 is 21.8. The molecule has 1 amide bonds. The molecule has 3 aliphatic rings. The number of carbonyl (C=O) groups is 2. The van der Waals surface area contributed by atoms with Gasteiger partial charge < -0.3 is 23.8 Å². The van der Waals surface area contributed by atoms with Crippen LogP contribution in [0.4, 0.5) is 0 Å². The zero-order chi connectivity index (χ0) is 19.1. The van der Waals surface area contributed by atoms with E-state index in [1.54, 1.807) is 17.9 Å². The minimum absolute atomic E-state index is 0.272. The second-order valence-corrected chi connectivity index (χ2v) is 6.69. The first-order chi connectivity index (χ1) is 13.1. The Balaban J connectivity index is 1.46. The van der Waals surface area contributed by atoms with Gasteiger partial charge in [-0.2, -0.15) is 0 Å². The molecule has 146 valence electrons. The van der Waals surface area contributed by atoms with Crippen molar-refractivity contribution in [1.82, 2.24) is 4.90 Å². The summed E-state index contributed by atoms with van der Waals surface area (Å²) in [6, 6.07) is 0. The van der Waals surface area contributed by atoms with E-state index in [1.807, 2.05) is 0 Å². The number of nitrogens with zero attached hydrogens (tertiary/aromatic N) is 1. The van der Waals surface area contributed by atoms with Gasteiger partial charge in [0.25, 0.3) is 5.91 Å². The molecule has 27 heavy (non-hydrogen) atoms. The molecule has 1 spiro atoms. The standard InChI is InChI=1S/C20H25NO6/c1-16(4-6-18(22)21-9-11-24-12-10-21)27-19(23)7-5-17-3-2-8-20(15-17)25-13-14-26-20/h3,5,7,16H,2,8-15H2,1H3/b7-5+/t16-/m1/s1. The maximum absolute atomic E-state index is 12.0. The molecule has 2 aliphatic heterocycles. The minimum atomic E-state index is -0.666. The van der Waals surface area contributed by atoms with Crippen molar-refractivity contribution in [3.63, 3.8) is 0 Å². The third-order valence-electron chi connectivity index (χ3n) is 4.63. The molecule has 0 unspecified atom stereocenters. The van der Waals surface area contributed by atoms with Gasteiger partial charge >= 0.3 is 5.97 Å². The van der Waals surface area contributed by atoms with Crippen molar-refractivity contribution in [3.05, 3.63) is 23.8 Å². The van der Waals surface area contributed by atoms with Crippen LogP contribution in [0.5, 0.6) is 0 Å². The Hall–Kier alpha value is -2.14. The van der Waals surface area contributed by atoms with E-state index in [-0.39, 0.29) is 5.91 Å². The fraction of sp³-hybridized carbons (Fsp3) is 0.600. The van der Waals surface area contributed by atoms with E-state index in [2.05, 4.69) is 17.9 Å². The number of hydrogen-bond donors (Lipinski definition) is 0. The smallest absolute Gasteiger partial charge is 0.331 e. The first-order valence-electron chi connectivity index (χ1n) is 9.30. The molecule has 1 atom stereocenters. The van der Waals surface area contributed by atoms with E-state index in [0.717, 1.165) is 18.4 Å². The van der Waals surface area contributed by atoms with Crippen LogP contribution >= 0.6 is 0 Å². The van der Waals surface area contributed by atoms with Gasteiger partial charge in [0.1, 0.15) is 0 Å². The van der Waals surface area contributed by atoms with Gasteiger partial charge in [-0.05, 0) is 30.8 Å². The van der Waals surface area contributed by atoms with Gasteiger partial charge in [-0.15, -0.1) is 0 Å². The summed E-state index contributed by atoms with van der Waals surface area (Å²) in [4.78, 5) is 25.6. The molecular formula is C20H25NO6. The summed E-state index contributed by atoms with van der Waals surface area (Å²) >= 11 is 0. The van der Waals surface area contributed by atoms with Crippen LogP contribution in [0.25, 0.3) is 0 Å². The third-order valence-corrected chi connectivity index (χ3v) is 4.63. The third kappa shape index (κ3) is 5.67. The first kappa shape index (κ1) is 19.6. The van der Waals surface area contributed by atoms with Crippen molar-refractivity contribution in [2.24, 2.45) is 0 Å². The highest BCUT2D eigenvalue weighted by Crippen LogP contribution is 2.36. The van der Waals surface area contributed by atoms with Gasteiger partial charge in [-0.25, -0.2) is 4.79 Å². The van der Waals surface area contributed by atoms with Gasteiger partial charge in [0.2, 0.25) is 0 Å². The molecule has 1 aliphatic carbocycles. The molecule has 0 radical (unpaired) electrons. The van der Waals surface area contributed by atoms with Crippen LogP contribution in [-0.4, -0.2) is 68.2 Å². The minimum Gasteiger partial charge on any atom is -0.446 e. The van der Waals surface area contributed by atoms with E-state index >= 15 is 0 Å². The Morgan fingerprint density at radius 2 is 2.00 bits per heavy atom. The highest BCUT2D eigenvalue weighted by Gasteiger charge is 2.38. The predicted octanol–water partition coefficient (Wildman–Crippen LogP) is 1.19. The van der Waals surface area contributed by atoms with Crippen LogP contribution in [0, 0.1) is 11.8 Å². The van der Waals surface area contributed by atoms with Crippen LogP contribution < -0.4 is 0 Å². The summed E-state index contributed by atoms with van der Waals surface area (Å²) in [6.45, 7) is 4.98. The van der Waals surface area contributed by atoms with Crippen LogP contribution in [-0.2, 0) is 28.5 Å². The van der Waals surface area contributed by atoms with Crippen molar-refractivity contribution in [1.29, 1.82) is 0 Å². The summed E-state index contributed by atoms with van der Waals surface area (Å²) in [5.41, 5.74) is 0.987. The van der Waals surface area contributed by atoms with Crippen LogP contribution in [0.15, 0.2) is 23.8 Å². The second kappa shape index (κ2) is 9.18. The number of morpholine rings is 1. The van der Waals surface area contributed by atoms with Gasteiger partial charge in [-0.1, -0.05) is 12.2 Å². The van der Waals surface area contributed by atoms with E-state index in [0.29, 0.717) is 45.9 Å². The number of hydrogen-bond acceptors (Lipinski definition) is 6. The molecule has 2 saturated heterocycles. The number of allylic oxidation sites excluding steroid dienone is 2. The Kier molecular flexibility index (Phi) is 6.67. The molecule has 0 aromatic carbocycles. The average Bonchev–Trinajstić information content (AvgIpc) is 3.12. The molecule has 7 nitrogen and oxygen atoms in total. The normalized spacial score (nSPS) is 22.9. The Labute approximate surface area is 159 Å². The van der Waals surface area contributed by atoms with E-state index in [1.165, 1.54) is 6.08 Å². The molecule has 3 rings (SSSR count). The SMILES string of the molecule is C[C@H](C#CC(=O)N1CCOCC1)OC(=O)/C=C/C1=CCCC2(C1)OCCO2.